The molecule has 1 heterocycles. The van der Waals surface area contributed by atoms with E-state index in [1.165, 1.54) is 0 Å². The van der Waals surface area contributed by atoms with Crippen LogP contribution in [0.25, 0.3) is 0 Å². The molecule has 0 spiro atoms. The fourth-order valence-electron chi connectivity index (χ4n) is 2.19. The van der Waals surface area contributed by atoms with Crippen molar-refractivity contribution in [3.8, 4) is 6.07 Å². The molecule has 4 heteroatoms. The normalized spacial score (nSPS) is 18.3. The monoisotopic (exact) mass is 243 g/mol. The van der Waals surface area contributed by atoms with E-state index >= 15 is 0 Å². The van der Waals surface area contributed by atoms with E-state index in [1.807, 2.05) is 0 Å². The van der Waals surface area contributed by atoms with Crippen LogP contribution in [0.2, 0.25) is 0 Å². The van der Waals surface area contributed by atoms with Crippen molar-refractivity contribution in [1.82, 2.24) is 5.32 Å². The van der Waals surface area contributed by atoms with Gasteiger partial charge in [-0.05, 0) is 50.0 Å². The topological polar surface area (TPSA) is 64.9 Å². The molecule has 1 amide bonds. The number of hydrogen-bond donors (Lipinski definition) is 2. The van der Waals surface area contributed by atoms with E-state index in [-0.39, 0.29) is 5.91 Å². The maximum absolute atomic E-state index is 11.8. The number of carbonyl (C=O) groups excluding carboxylic acids is 1. The van der Waals surface area contributed by atoms with Gasteiger partial charge in [-0.2, -0.15) is 5.26 Å². The zero-order valence-electron chi connectivity index (χ0n) is 10.3. The number of carbonyl (C=O) groups is 1. The van der Waals surface area contributed by atoms with Crippen molar-refractivity contribution in [2.45, 2.75) is 19.3 Å². The van der Waals surface area contributed by atoms with Gasteiger partial charge in [-0.15, -0.1) is 0 Å². The van der Waals surface area contributed by atoms with Crippen molar-refractivity contribution >= 4 is 11.6 Å². The summed E-state index contributed by atoms with van der Waals surface area (Å²) in [6, 6.07) is 9.04. The maximum atomic E-state index is 11.8. The first-order valence-electron chi connectivity index (χ1n) is 6.28. The van der Waals surface area contributed by atoms with E-state index in [1.54, 1.807) is 24.3 Å². The van der Waals surface area contributed by atoms with Crippen LogP contribution >= 0.6 is 0 Å². The first kappa shape index (κ1) is 12.6. The Morgan fingerprint density at radius 2 is 2.44 bits per heavy atom. The molecule has 2 rings (SSSR count). The fraction of sp³-hybridized carbons (Fsp3) is 0.429. The molecule has 0 aromatic heterocycles. The molecule has 1 saturated heterocycles. The molecule has 1 unspecified atom stereocenters. The molecule has 1 aromatic rings. The van der Waals surface area contributed by atoms with Gasteiger partial charge in [0.25, 0.3) is 0 Å². The van der Waals surface area contributed by atoms with E-state index in [0.29, 0.717) is 23.6 Å². The average Bonchev–Trinajstić information content (AvgIpc) is 2.90. The van der Waals surface area contributed by atoms with Gasteiger partial charge in [0, 0.05) is 12.1 Å². The summed E-state index contributed by atoms with van der Waals surface area (Å²) in [5, 5.41) is 14.9. The maximum Gasteiger partial charge on any atom is 0.224 e. The third-order valence-electron chi connectivity index (χ3n) is 3.22. The van der Waals surface area contributed by atoms with Crippen LogP contribution in [-0.2, 0) is 4.79 Å². The number of nitrogens with one attached hydrogen (secondary N) is 2. The molecule has 0 saturated carbocycles. The lowest BCUT2D eigenvalue weighted by atomic mass is 10.0. The lowest BCUT2D eigenvalue weighted by Gasteiger charge is -2.08. The van der Waals surface area contributed by atoms with Crippen molar-refractivity contribution in [1.29, 1.82) is 5.26 Å². The van der Waals surface area contributed by atoms with Gasteiger partial charge >= 0.3 is 0 Å². The summed E-state index contributed by atoms with van der Waals surface area (Å²) in [6.45, 7) is 2.09. The second-order valence-corrected chi connectivity index (χ2v) is 4.64. The van der Waals surface area contributed by atoms with Crippen LogP contribution in [0, 0.1) is 17.2 Å². The summed E-state index contributed by atoms with van der Waals surface area (Å²) < 4.78 is 0. The molecule has 1 fully saturated rings. The molecule has 0 aliphatic carbocycles. The Balaban J connectivity index is 1.81. The summed E-state index contributed by atoms with van der Waals surface area (Å²) in [4.78, 5) is 11.8. The summed E-state index contributed by atoms with van der Waals surface area (Å²) in [7, 11) is 0. The molecule has 2 N–H and O–H groups in total. The number of benzene rings is 1. The third kappa shape index (κ3) is 3.57. The Kier molecular flexibility index (Phi) is 4.32. The minimum atomic E-state index is 0.0250. The number of nitrogens with zero attached hydrogens (tertiary/aromatic N) is 1. The summed E-state index contributed by atoms with van der Waals surface area (Å²) in [5.74, 6) is 0.651. The number of anilines is 1. The van der Waals surface area contributed by atoms with Crippen LogP contribution in [-0.4, -0.2) is 19.0 Å². The predicted molar refractivity (Wildman–Crippen MR) is 70.0 cm³/mol. The number of amides is 1. The van der Waals surface area contributed by atoms with E-state index < -0.39 is 0 Å². The van der Waals surface area contributed by atoms with Gasteiger partial charge < -0.3 is 10.6 Å². The molecular formula is C14H17N3O. The summed E-state index contributed by atoms with van der Waals surface area (Å²) in [6.07, 6.45) is 2.64. The minimum absolute atomic E-state index is 0.0250. The number of hydrogen-bond acceptors (Lipinski definition) is 3. The lowest BCUT2D eigenvalue weighted by Crippen LogP contribution is -2.15. The van der Waals surface area contributed by atoms with Crippen molar-refractivity contribution in [3.63, 3.8) is 0 Å². The van der Waals surface area contributed by atoms with Gasteiger partial charge in [-0.3, -0.25) is 4.79 Å². The molecule has 18 heavy (non-hydrogen) atoms. The standard InChI is InChI=1S/C14H17N3O/c15-9-12-2-1-3-13(8-12)17-14(18)5-4-11-6-7-16-10-11/h1-3,8,11,16H,4-7,10H2,(H,17,18). The molecule has 94 valence electrons. The minimum Gasteiger partial charge on any atom is -0.326 e. The van der Waals surface area contributed by atoms with Gasteiger partial charge in [0.2, 0.25) is 5.91 Å². The summed E-state index contributed by atoms with van der Waals surface area (Å²) >= 11 is 0. The highest BCUT2D eigenvalue weighted by molar-refractivity contribution is 5.90. The predicted octanol–water partition coefficient (Wildman–Crippen LogP) is 1.89. The van der Waals surface area contributed by atoms with Crippen molar-refractivity contribution < 1.29 is 4.79 Å². The Morgan fingerprint density at radius 1 is 1.56 bits per heavy atom. The van der Waals surface area contributed by atoms with Gasteiger partial charge in [0.05, 0.1) is 11.6 Å². The molecule has 4 nitrogen and oxygen atoms in total. The first-order valence-corrected chi connectivity index (χ1v) is 6.28. The second kappa shape index (κ2) is 6.18. The third-order valence-corrected chi connectivity index (χ3v) is 3.22. The molecule has 1 atom stereocenters. The SMILES string of the molecule is N#Cc1cccc(NC(=O)CCC2CCNC2)c1. The molecule has 1 aromatic carbocycles. The van der Waals surface area contributed by atoms with Crippen LogP contribution in [0.4, 0.5) is 5.69 Å². The van der Waals surface area contributed by atoms with Crippen molar-refractivity contribution in [2.24, 2.45) is 5.92 Å². The van der Waals surface area contributed by atoms with Crippen LogP contribution in [0.3, 0.4) is 0 Å². The van der Waals surface area contributed by atoms with Crippen molar-refractivity contribution in [2.75, 3.05) is 18.4 Å². The highest BCUT2D eigenvalue weighted by Crippen LogP contribution is 2.15. The molecule has 1 aliphatic heterocycles. The molecular weight excluding hydrogens is 226 g/mol. The first-order chi connectivity index (χ1) is 8.78. The van der Waals surface area contributed by atoms with E-state index in [2.05, 4.69) is 16.7 Å². The van der Waals surface area contributed by atoms with Crippen molar-refractivity contribution in [3.05, 3.63) is 29.8 Å². The van der Waals surface area contributed by atoms with Gasteiger partial charge in [-0.1, -0.05) is 6.07 Å². The second-order valence-electron chi connectivity index (χ2n) is 4.64. The zero-order valence-corrected chi connectivity index (χ0v) is 10.3. The number of rotatable bonds is 4. The van der Waals surface area contributed by atoms with Crippen LogP contribution in [0.5, 0.6) is 0 Å². The molecule has 0 radical (unpaired) electrons. The molecule has 1 aliphatic rings. The average molecular weight is 243 g/mol. The van der Waals surface area contributed by atoms with E-state index in [9.17, 15) is 4.79 Å². The Hall–Kier alpha value is -1.86. The lowest BCUT2D eigenvalue weighted by molar-refractivity contribution is -0.116. The smallest absolute Gasteiger partial charge is 0.224 e. The Labute approximate surface area is 107 Å². The molecule has 0 bridgehead atoms. The van der Waals surface area contributed by atoms with Crippen LogP contribution in [0.1, 0.15) is 24.8 Å². The number of nitriles is 1. The van der Waals surface area contributed by atoms with Gasteiger partial charge in [-0.25, -0.2) is 0 Å². The fourth-order valence-corrected chi connectivity index (χ4v) is 2.19. The highest BCUT2D eigenvalue weighted by atomic mass is 16.1. The van der Waals surface area contributed by atoms with Gasteiger partial charge in [0.15, 0.2) is 0 Å². The quantitative estimate of drug-likeness (QED) is 0.848. The van der Waals surface area contributed by atoms with E-state index in [0.717, 1.165) is 25.9 Å². The summed E-state index contributed by atoms with van der Waals surface area (Å²) in [5.41, 5.74) is 1.26. The Bertz CT molecular complexity index is 458. The Morgan fingerprint density at radius 3 is 3.17 bits per heavy atom. The van der Waals surface area contributed by atoms with Crippen LogP contribution < -0.4 is 10.6 Å². The highest BCUT2D eigenvalue weighted by Gasteiger charge is 2.15. The van der Waals surface area contributed by atoms with Gasteiger partial charge in [0.1, 0.15) is 0 Å². The largest absolute Gasteiger partial charge is 0.326 e. The zero-order chi connectivity index (χ0) is 12.8. The van der Waals surface area contributed by atoms with Crippen LogP contribution in [0.15, 0.2) is 24.3 Å². The van der Waals surface area contributed by atoms with E-state index in [4.69, 9.17) is 5.26 Å².